The van der Waals surface area contributed by atoms with Gasteiger partial charge in [0.2, 0.25) is 5.91 Å². The molecule has 1 rings (SSSR count). The molecule has 3 nitrogen and oxygen atoms in total. The predicted molar refractivity (Wildman–Crippen MR) is 64.5 cm³/mol. The molecule has 0 aliphatic carbocycles. The Morgan fingerprint density at radius 1 is 1.50 bits per heavy atom. The normalized spacial score (nSPS) is 10.2. The Bertz CT molecular complexity index is 382. The molecule has 88 valence electrons. The zero-order valence-electron chi connectivity index (χ0n) is 9.26. The van der Waals surface area contributed by atoms with Gasteiger partial charge in [-0.1, -0.05) is 6.07 Å². The van der Waals surface area contributed by atoms with E-state index < -0.39 is 0 Å². The third kappa shape index (κ3) is 3.90. The van der Waals surface area contributed by atoms with Crippen molar-refractivity contribution in [2.24, 2.45) is 0 Å². The second-order valence-electron chi connectivity index (χ2n) is 3.64. The molecule has 16 heavy (non-hydrogen) atoms. The fraction of sp³-hybridized carbons (Fsp3) is 0.364. The van der Waals surface area contributed by atoms with Crippen LogP contribution in [0.15, 0.2) is 22.7 Å². The fourth-order valence-corrected chi connectivity index (χ4v) is 1.55. The lowest BCUT2D eigenvalue weighted by atomic mass is 10.2. The van der Waals surface area contributed by atoms with Crippen molar-refractivity contribution in [3.8, 4) is 0 Å². The highest BCUT2D eigenvalue weighted by molar-refractivity contribution is 9.10. The zero-order valence-corrected chi connectivity index (χ0v) is 10.8. The third-order valence-electron chi connectivity index (χ3n) is 2.09. The van der Waals surface area contributed by atoms with E-state index in [-0.39, 0.29) is 18.3 Å². The number of nitrogens with zero attached hydrogens (tertiary/aromatic N) is 1. The van der Waals surface area contributed by atoms with Crippen molar-refractivity contribution < 1.29 is 9.18 Å². The number of likely N-dealkylation sites (N-methyl/N-ethyl adjacent to an activating group) is 1. The lowest BCUT2D eigenvalue weighted by Crippen LogP contribution is -2.32. The molecule has 1 aromatic rings. The van der Waals surface area contributed by atoms with Gasteiger partial charge in [-0.2, -0.15) is 0 Å². The number of hydrogen-bond acceptors (Lipinski definition) is 2. The summed E-state index contributed by atoms with van der Waals surface area (Å²) in [7, 11) is 3.41. The summed E-state index contributed by atoms with van der Waals surface area (Å²) in [6.45, 7) is 0.820. The maximum atomic E-state index is 12.9. The van der Waals surface area contributed by atoms with Gasteiger partial charge in [0.05, 0.1) is 11.0 Å². The molecular weight excluding hydrogens is 275 g/mol. The van der Waals surface area contributed by atoms with Gasteiger partial charge in [0.15, 0.2) is 0 Å². The molecule has 1 amide bonds. The minimum Gasteiger partial charge on any atom is -0.348 e. The van der Waals surface area contributed by atoms with Gasteiger partial charge in [0, 0.05) is 20.6 Å². The molecule has 1 aromatic carbocycles. The van der Waals surface area contributed by atoms with Crippen molar-refractivity contribution in [3.05, 3.63) is 34.1 Å². The van der Waals surface area contributed by atoms with Crippen LogP contribution >= 0.6 is 15.9 Å². The Morgan fingerprint density at radius 2 is 2.19 bits per heavy atom. The minimum absolute atomic E-state index is 0.0150. The summed E-state index contributed by atoms with van der Waals surface area (Å²) < 4.78 is 13.4. The molecule has 0 heterocycles. The van der Waals surface area contributed by atoms with Crippen LogP contribution in [0, 0.1) is 5.82 Å². The topological polar surface area (TPSA) is 32.3 Å². The number of halogens is 2. The summed E-state index contributed by atoms with van der Waals surface area (Å²) in [5.41, 5.74) is 0.930. The molecule has 0 saturated carbocycles. The molecule has 0 aliphatic rings. The number of rotatable bonds is 4. The van der Waals surface area contributed by atoms with Gasteiger partial charge < -0.3 is 10.2 Å². The molecule has 0 bridgehead atoms. The maximum absolute atomic E-state index is 12.9. The average Bonchev–Trinajstić information content (AvgIpc) is 2.23. The second kappa shape index (κ2) is 5.96. The fourth-order valence-electron chi connectivity index (χ4n) is 1.12. The van der Waals surface area contributed by atoms with Gasteiger partial charge in [-0.15, -0.1) is 0 Å². The van der Waals surface area contributed by atoms with Crippen molar-refractivity contribution in [2.75, 3.05) is 20.6 Å². The van der Waals surface area contributed by atoms with Crippen LogP contribution < -0.4 is 5.32 Å². The van der Waals surface area contributed by atoms with Crippen molar-refractivity contribution in [1.82, 2.24) is 10.2 Å². The first-order chi connectivity index (χ1) is 7.50. The summed E-state index contributed by atoms with van der Waals surface area (Å²) in [5, 5.41) is 2.99. The summed E-state index contributed by atoms with van der Waals surface area (Å²) in [6.07, 6.45) is 0. The van der Waals surface area contributed by atoms with E-state index in [9.17, 15) is 9.18 Å². The Balaban J connectivity index is 2.43. The molecule has 0 saturated heterocycles. The van der Waals surface area contributed by atoms with Gasteiger partial charge in [-0.25, -0.2) is 4.39 Å². The maximum Gasteiger partial charge on any atom is 0.236 e. The van der Waals surface area contributed by atoms with Gasteiger partial charge in [0.1, 0.15) is 5.82 Å². The first-order valence-electron chi connectivity index (χ1n) is 4.85. The van der Waals surface area contributed by atoms with E-state index >= 15 is 0 Å². The van der Waals surface area contributed by atoms with Crippen LogP contribution in [0.2, 0.25) is 0 Å². The largest absolute Gasteiger partial charge is 0.348 e. The van der Waals surface area contributed by atoms with Crippen molar-refractivity contribution >= 4 is 21.8 Å². The Labute approximate surface area is 103 Å². The highest BCUT2D eigenvalue weighted by atomic mass is 79.9. The van der Waals surface area contributed by atoms with E-state index in [1.165, 1.54) is 11.0 Å². The first kappa shape index (κ1) is 13.1. The van der Waals surface area contributed by atoms with E-state index in [1.807, 2.05) is 0 Å². The van der Waals surface area contributed by atoms with Crippen LogP contribution in [-0.2, 0) is 11.3 Å². The van der Waals surface area contributed by atoms with Crippen molar-refractivity contribution in [1.29, 1.82) is 0 Å². The molecule has 0 aliphatic heterocycles. The monoisotopic (exact) mass is 288 g/mol. The van der Waals surface area contributed by atoms with Crippen LogP contribution in [0.3, 0.4) is 0 Å². The Hall–Kier alpha value is -0.940. The standard InChI is InChI=1S/C11H14BrFN2O/c1-15(2)11(16)7-14-6-8-3-4-10(13)9(12)5-8/h3-5,14H,6-7H2,1-2H3. The SMILES string of the molecule is CN(C)C(=O)CNCc1ccc(F)c(Br)c1. The van der Waals surface area contributed by atoms with Crippen molar-refractivity contribution in [2.45, 2.75) is 6.54 Å². The van der Waals surface area contributed by atoms with Gasteiger partial charge in [-0.3, -0.25) is 4.79 Å². The van der Waals surface area contributed by atoms with E-state index in [0.29, 0.717) is 11.0 Å². The van der Waals surface area contributed by atoms with Crippen LogP contribution in [0.5, 0.6) is 0 Å². The Morgan fingerprint density at radius 3 is 2.75 bits per heavy atom. The summed E-state index contributed by atoms with van der Waals surface area (Å²) in [5.74, 6) is -0.269. The average molecular weight is 289 g/mol. The number of nitrogens with one attached hydrogen (secondary N) is 1. The van der Waals surface area contributed by atoms with Crippen LogP contribution in [-0.4, -0.2) is 31.4 Å². The van der Waals surface area contributed by atoms with E-state index in [4.69, 9.17) is 0 Å². The van der Waals surface area contributed by atoms with Gasteiger partial charge >= 0.3 is 0 Å². The smallest absolute Gasteiger partial charge is 0.236 e. The van der Waals surface area contributed by atoms with Crippen molar-refractivity contribution in [3.63, 3.8) is 0 Å². The molecule has 0 aromatic heterocycles. The predicted octanol–water partition coefficient (Wildman–Crippen LogP) is 1.77. The number of carbonyl (C=O) groups is 1. The van der Waals surface area contributed by atoms with Gasteiger partial charge in [-0.05, 0) is 33.6 Å². The first-order valence-corrected chi connectivity index (χ1v) is 5.65. The molecule has 0 spiro atoms. The highest BCUT2D eigenvalue weighted by Gasteiger charge is 2.04. The lowest BCUT2D eigenvalue weighted by Gasteiger charge is -2.11. The number of benzene rings is 1. The van der Waals surface area contributed by atoms with Crippen LogP contribution in [0.1, 0.15) is 5.56 Å². The second-order valence-corrected chi connectivity index (χ2v) is 4.49. The summed E-state index contributed by atoms with van der Waals surface area (Å²) >= 11 is 3.11. The third-order valence-corrected chi connectivity index (χ3v) is 2.70. The van der Waals surface area contributed by atoms with E-state index in [0.717, 1.165) is 5.56 Å². The highest BCUT2D eigenvalue weighted by Crippen LogP contribution is 2.16. The number of hydrogen-bond donors (Lipinski definition) is 1. The summed E-state index contributed by atoms with van der Waals surface area (Å²) in [4.78, 5) is 12.8. The molecule has 0 radical (unpaired) electrons. The minimum atomic E-state index is -0.284. The van der Waals surface area contributed by atoms with Gasteiger partial charge in [0.25, 0.3) is 0 Å². The molecule has 0 fully saturated rings. The summed E-state index contributed by atoms with van der Waals surface area (Å²) in [6, 6.07) is 4.78. The molecule has 0 atom stereocenters. The number of carbonyl (C=O) groups excluding carboxylic acids is 1. The van der Waals surface area contributed by atoms with Crippen LogP contribution in [0.4, 0.5) is 4.39 Å². The quantitative estimate of drug-likeness (QED) is 0.916. The molecule has 0 unspecified atom stereocenters. The number of amides is 1. The Kier molecular flexibility index (Phi) is 4.89. The van der Waals surface area contributed by atoms with E-state index in [2.05, 4.69) is 21.2 Å². The molecule has 1 N–H and O–H groups in total. The zero-order chi connectivity index (χ0) is 12.1. The van der Waals surface area contributed by atoms with E-state index in [1.54, 1.807) is 26.2 Å². The van der Waals surface area contributed by atoms with Crippen LogP contribution in [0.25, 0.3) is 0 Å². The molecular formula is C11H14BrFN2O. The molecule has 5 heteroatoms. The lowest BCUT2D eigenvalue weighted by molar-refractivity contribution is -0.127.